The second-order valence-electron chi connectivity index (χ2n) is 5.21. The number of rotatable bonds is 2. The molecule has 2 aromatic carbocycles. The van der Waals surface area contributed by atoms with Crippen molar-refractivity contribution in [2.75, 3.05) is 0 Å². The molecule has 1 heterocycles. The van der Waals surface area contributed by atoms with E-state index in [1.807, 2.05) is 12.4 Å². The van der Waals surface area contributed by atoms with Crippen LogP contribution < -0.4 is 5.46 Å². The number of fused-ring (bicyclic) bond motifs is 1. The maximum Gasteiger partial charge on any atom is 0.139 e. The molecule has 3 rings (SSSR count). The highest BCUT2D eigenvalue weighted by molar-refractivity contribution is 6.34. The van der Waals surface area contributed by atoms with Gasteiger partial charge in [-0.25, -0.2) is 4.99 Å². The van der Waals surface area contributed by atoms with E-state index < -0.39 is 0 Å². The van der Waals surface area contributed by atoms with Crippen molar-refractivity contribution in [2.24, 2.45) is 4.99 Å². The molecule has 3 heteroatoms. The minimum absolute atomic E-state index is 0.801. The molecule has 0 bridgehead atoms. The van der Waals surface area contributed by atoms with Gasteiger partial charge in [0, 0.05) is 17.8 Å². The average molecular weight is 260 g/mol. The molecule has 0 amide bonds. The van der Waals surface area contributed by atoms with Gasteiger partial charge in [0.25, 0.3) is 0 Å². The van der Waals surface area contributed by atoms with Crippen molar-refractivity contribution in [3.8, 4) is 0 Å². The predicted molar refractivity (Wildman–Crippen MR) is 88.5 cm³/mol. The fourth-order valence-corrected chi connectivity index (χ4v) is 2.47. The summed E-state index contributed by atoms with van der Waals surface area (Å²) in [5, 5.41) is 0. The van der Waals surface area contributed by atoms with Crippen LogP contribution in [0.1, 0.15) is 16.7 Å². The third kappa shape index (κ3) is 2.16. The molecule has 0 N–H and O–H groups in total. The summed E-state index contributed by atoms with van der Waals surface area (Å²) in [7, 11) is 2.12. The average Bonchev–Trinajstić information content (AvgIpc) is 2.47. The van der Waals surface area contributed by atoms with Crippen molar-refractivity contribution >= 4 is 31.0 Å². The molecule has 0 radical (unpaired) electrons. The zero-order chi connectivity index (χ0) is 14.1. The van der Waals surface area contributed by atoms with Crippen molar-refractivity contribution in [1.29, 1.82) is 0 Å². The molecule has 0 saturated heterocycles. The molecule has 0 fully saturated rings. The van der Waals surface area contributed by atoms with E-state index in [1.165, 1.54) is 16.6 Å². The Morgan fingerprint density at radius 2 is 1.90 bits per heavy atom. The van der Waals surface area contributed by atoms with Crippen LogP contribution in [0, 0.1) is 6.92 Å². The predicted octanol–water partition coefficient (Wildman–Crippen LogP) is 2.40. The van der Waals surface area contributed by atoms with Crippen LogP contribution in [0.5, 0.6) is 0 Å². The minimum atomic E-state index is 0.801. The van der Waals surface area contributed by atoms with Gasteiger partial charge < -0.3 is 4.90 Å². The molecule has 0 atom stereocenters. The largest absolute Gasteiger partial charge is 0.328 e. The van der Waals surface area contributed by atoms with Crippen molar-refractivity contribution < 1.29 is 0 Å². The molecule has 1 aliphatic heterocycles. The minimum Gasteiger partial charge on any atom is -0.328 e. The van der Waals surface area contributed by atoms with Crippen LogP contribution in [0.2, 0.25) is 0 Å². The lowest BCUT2D eigenvalue weighted by atomic mass is 9.87. The van der Waals surface area contributed by atoms with Crippen LogP contribution in [-0.2, 0) is 6.54 Å². The smallest absolute Gasteiger partial charge is 0.139 e. The summed E-state index contributed by atoms with van der Waals surface area (Å²) in [6, 6.07) is 14.6. The van der Waals surface area contributed by atoms with Crippen LogP contribution in [0.25, 0.3) is 5.70 Å². The highest BCUT2D eigenvalue weighted by Crippen LogP contribution is 2.33. The molecule has 0 aromatic heterocycles. The third-order valence-corrected chi connectivity index (χ3v) is 3.88. The van der Waals surface area contributed by atoms with E-state index in [4.69, 9.17) is 0 Å². The molecular weight excluding hydrogens is 243 g/mol. The zero-order valence-electron chi connectivity index (χ0n) is 11.9. The van der Waals surface area contributed by atoms with Crippen molar-refractivity contribution in [1.82, 2.24) is 4.90 Å². The second-order valence-corrected chi connectivity index (χ2v) is 5.21. The number of hydrogen-bond donors (Lipinski definition) is 0. The number of aliphatic imine (C=N–C) groups is 1. The Morgan fingerprint density at radius 1 is 1.15 bits per heavy atom. The Labute approximate surface area is 120 Å². The van der Waals surface area contributed by atoms with E-state index in [0.717, 1.165) is 23.5 Å². The van der Waals surface area contributed by atoms with Gasteiger partial charge in [-0.2, -0.15) is 0 Å². The summed E-state index contributed by atoms with van der Waals surface area (Å²) < 4.78 is 0. The molecule has 20 heavy (non-hydrogen) atoms. The van der Waals surface area contributed by atoms with Gasteiger partial charge in [0.15, 0.2) is 0 Å². The number of nitrogens with zero attached hydrogens (tertiary/aromatic N) is 2. The first-order valence-electron chi connectivity index (χ1n) is 6.81. The molecule has 98 valence electrons. The standard InChI is InChI=1S/C17H17BN2/c1-12-16(18)9-8-15-13(2)20(11-19-17(12)15)10-14-6-4-3-5-7-14/h3-9,11H,2,10,18H2,1H3. The molecule has 0 unspecified atom stereocenters. The van der Waals surface area contributed by atoms with Crippen molar-refractivity contribution in [2.45, 2.75) is 13.5 Å². The molecule has 2 nitrogen and oxygen atoms in total. The van der Waals surface area contributed by atoms with Gasteiger partial charge in [-0.05, 0) is 18.1 Å². The molecule has 0 saturated carbocycles. The van der Waals surface area contributed by atoms with E-state index in [0.29, 0.717) is 0 Å². The van der Waals surface area contributed by atoms with Crippen LogP contribution >= 0.6 is 0 Å². The van der Waals surface area contributed by atoms with Gasteiger partial charge in [-0.1, -0.05) is 54.5 Å². The summed E-state index contributed by atoms with van der Waals surface area (Å²) in [5.41, 5.74) is 6.96. The molecule has 0 aliphatic carbocycles. The van der Waals surface area contributed by atoms with Crippen LogP contribution in [-0.4, -0.2) is 19.1 Å². The van der Waals surface area contributed by atoms with E-state index in [9.17, 15) is 0 Å². The fraction of sp³-hybridized carbons (Fsp3) is 0.118. The molecular formula is C17H17BN2. The Kier molecular flexibility index (Phi) is 3.19. The first-order valence-corrected chi connectivity index (χ1v) is 6.81. The van der Waals surface area contributed by atoms with E-state index >= 15 is 0 Å². The van der Waals surface area contributed by atoms with Gasteiger partial charge in [0.1, 0.15) is 7.85 Å². The van der Waals surface area contributed by atoms with E-state index in [-0.39, 0.29) is 0 Å². The summed E-state index contributed by atoms with van der Waals surface area (Å²) in [6.07, 6.45) is 1.89. The zero-order valence-corrected chi connectivity index (χ0v) is 11.9. The van der Waals surface area contributed by atoms with Crippen LogP contribution in [0.3, 0.4) is 0 Å². The van der Waals surface area contributed by atoms with E-state index in [1.54, 1.807) is 0 Å². The Balaban J connectivity index is 1.93. The monoisotopic (exact) mass is 260 g/mol. The summed E-state index contributed by atoms with van der Waals surface area (Å²) in [6.45, 7) is 7.16. The van der Waals surface area contributed by atoms with Crippen LogP contribution in [0.4, 0.5) is 5.69 Å². The van der Waals surface area contributed by atoms with Crippen molar-refractivity contribution in [3.63, 3.8) is 0 Å². The highest BCUT2D eigenvalue weighted by atomic mass is 15.2. The van der Waals surface area contributed by atoms with Gasteiger partial charge in [0.05, 0.1) is 12.0 Å². The first-order chi connectivity index (χ1) is 9.66. The van der Waals surface area contributed by atoms with Crippen molar-refractivity contribution in [3.05, 3.63) is 65.7 Å². The maximum absolute atomic E-state index is 4.62. The topological polar surface area (TPSA) is 15.6 Å². The highest BCUT2D eigenvalue weighted by Gasteiger charge is 2.18. The summed E-state index contributed by atoms with van der Waals surface area (Å²) in [4.78, 5) is 6.73. The molecule has 0 spiro atoms. The number of hydrogen-bond acceptors (Lipinski definition) is 2. The third-order valence-electron chi connectivity index (χ3n) is 3.88. The SMILES string of the molecule is Bc1ccc2c(c1C)N=CN(Cc1ccccc1)C2=C. The maximum atomic E-state index is 4.62. The van der Waals surface area contributed by atoms with Gasteiger partial charge >= 0.3 is 0 Å². The second kappa shape index (κ2) is 5.01. The lowest BCUT2D eigenvalue weighted by Crippen LogP contribution is -2.23. The summed E-state index contributed by atoms with van der Waals surface area (Å²) in [5.74, 6) is 0. The quantitative estimate of drug-likeness (QED) is 0.757. The summed E-state index contributed by atoms with van der Waals surface area (Å²) >= 11 is 0. The Bertz CT molecular complexity index is 690. The Hall–Kier alpha value is -2.29. The molecule has 1 aliphatic rings. The van der Waals surface area contributed by atoms with Gasteiger partial charge in [-0.15, -0.1) is 0 Å². The normalized spacial score (nSPS) is 13.4. The lowest BCUT2D eigenvalue weighted by molar-refractivity contribution is 0.590. The fourth-order valence-electron chi connectivity index (χ4n) is 2.47. The first kappa shape index (κ1) is 12.7. The Morgan fingerprint density at radius 3 is 2.65 bits per heavy atom. The number of benzene rings is 2. The lowest BCUT2D eigenvalue weighted by Gasteiger charge is -2.28. The van der Waals surface area contributed by atoms with Gasteiger partial charge in [-0.3, -0.25) is 0 Å². The van der Waals surface area contributed by atoms with Crippen LogP contribution in [0.15, 0.2) is 54.0 Å². The van der Waals surface area contributed by atoms with E-state index in [2.05, 4.69) is 67.6 Å². The molecule has 2 aromatic rings. The van der Waals surface area contributed by atoms with Gasteiger partial charge in [0.2, 0.25) is 0 Å².